The van der Waals surface area contributed by atoms with Crippen LogP contribution in [0.1, 0.15) is 0 Å². The fourth-order valence-electron chi connectivity index (χ4n) is 0.829. The second kappa shape index (κ2) is 3.79. The van der Waals surface area contributed by atoms with Crippen molar-refractivity contribution in [2.75, 3.05) is 21.3 Å². The van der Waals surface area contributed by atoms with Gasteiger partial charge in [0.2, 0.25) is 0 Å². The van der Waals surface area contributed by atoms with Gasteiger partial charge in [0.05, 0.1) is 20.3 Å². The van der Waals surface area contributed by atoms with Crippen molar-refractivity contribution < 1.29 is 14.3 Å². The Morgan fingerprint density at radius 2 is 2.00 bits per heavy atom. The van der Waals surface area contributed by atoms with Gasteiger partial charge in [0.15, 0.2) is 5.75 Å². The van der Waals surface area contributed by atoms with E-state index >= 15 is 0 Å². The summed E-state index contributed by atoms with van der Waals surface area (Å²) in [5, 5.41) is 3.71. The van der Waals surface area contributed by atoms with Gasteiger partial charge in [-0.3, -0.25) is 4.79 Å². The van der Waals surface area contributed by atoms with Crippen LogP contribution in [0.25, 0.3) is 0 Å². The summed E-state index contributed by atoms with van der Waals surface area (Å²) in [6, 6.07) is 1.23. The number of methoxy groups -OCH3 is 2. The van der Waals surface area contributed by atoms with E-state index in [1.807, 2.05) is 0 Å². The Kier molecular flexibility index (Phi) is 2.73. The Hall–Kier alpha value is -1.72. The lowest BCUT2D eigenvalue weighted by atomic mass is 10.5. The minimum absolute atomic E-state index is 0.198. The summed E-state index contributed by atoms with van der Waals surface area (Å²) in [6.07, 6.45) is 0. The van der Waals surface area contributed by atoms with Gasteiger partial charge in [-0.25, -0.2) is 0 Å². The first-order valence-electron chi connectivity index (χ1n) is 3.49. The molecule has 0 aromatic carbocycles. The number of hydrogen-bond donors (Lipinski definition) is 0. The first-order chi connectivity index (χ1) is 6.22. The SMILES string of the molecule is COc1cc(=O)n(OC)nc1OC. The summed E-state index contributed by atoms with van der Waals surface area (Å²) in [5.74, 6) is 0.477. The molecule has 0 aliphatic heterocycles. The predicted octanol–water partition coefficient (Wildman–Crippen LogP) is -0.681. The van der Waals surface area contributed by atoms with E-state index in [0.717, 1.165) is 4.85 Å². The van der Waals surface area contributed by atoms with E-state index in [2.05, 4.69) is 9.94 Å². The molecule has 0 spiro atoms. The fourth-order valence-corrected chi connectivity index (χ4v) is 0.829. The Balaban J connectivity index is 3.26. The average molecular weight is 186 g/mol. The lowest BCUT2D eigenvalue weighted by molar-refractivity contribution is 0.113. The third kappa shape index (κ3) is 1.71. The standard InChI is InChI=1S/C7H10N2O4/c1-11-5-4-6(10)9(13-3)8-7(5)12-2/h4H,1-3H3. The minimum Gasteiger partial charge on any atom is -0.491 e. The van der Waals surface area contributed by atoms with E-state index in [-0.39, 0.29) is 11.6 Å². The topological polar surface area (TPSA) is 62.6 Å². The fraction of sp³-hybridized carbons (Fsp3) is 0.429. The maximum Gasteiger partial charge on any atom is 0.307 e. The van der Waals surface area contributed by atoms with Crippen LogP contribution in [-0.4, -0.2) is 31.3 Å². The Morgan fingerprint density at radius 3 is 2.46 bits per heavy atom. The van der Waals surface area contributed by atoms with Gasteiger partial charge in [-0.15, -0.1) is 0 Å². The number of hydrogen-bond acceptors (Lipinski definition) is 5. The van der Waals surface area contributed by atoms with Crippen molar-refractivity contribution in [3.05, 3.63) is 16.4 Å². The van der Waals surface area contributed by atoms with Crippen molar-refractivity contribution in [3.8, 4) is 11.6 Å². The highest BCUT2D eigenvalue weighted by atomic mass is 16.7. The van der Waals surface area contributed by atoms with Gasteiger partial charge in [-0.05, 0) is 0 Å². The number of aromatic nitrogens is 2. The van der Waals surface area contributed by atoms with Crippen molar-refractivity contribution >= 4 is 0 Å². The van der Waals surface area contributed by atoms with Crippen molar-refractivity contribution in [3.63, 3.8) is 0 Å². The lowest BCUT2D eigenvalue weighted by Crippen LogP contribution is -2.27. The van der Waals surface area contributed by atoms with Gasteiger partial charge in [-0.2, -0.15) is 0 Å². The van der Waals surface area contributed by atoms with Crippen LogP contribution in [0.5, 0.6) is 11.6 Å². The zero-order valence-electron chi connectivity index (χ0n) is 7.60. The molecule has 0 saturated heterocycles. The molecule has 0 atom stereocenters. The maximum atomic E-state index is 11.1. The van der Waals surface area contributed by atoms with Crippen LogP contribution in [0.3, 0.4) is 0 Å². The molecule has 1 aromatic heterocycles. The van der Waals surface area contributed by atoms with Gasteiger partial charge >= 0.3 is 5.56 Å². The van der Waals surface area contributed by atoms with Crippen LogP contribution in [-0.2, 0) is 0 Å². The first kappa shape index (κ1) is 9.37. The van der Waals surface area contributed by atoms with Crippen molar-refractivity contribution in [2.24, 2.45) is 0 Å². The molecule has 0 fully saturated rings. The Morgan fingerprint density at radius 1 is 1.31 bits per heavy atom. The van der Waals surface area contributed by atoms with Crippen LogP contribution in [0.2, 0.25) is 0 Å². The summed E-state index contributed by atoms with van der Waals surface area (Å²) >= 11 is 0. The zero-order chi connectivity index (χ0) is 9.84. The average Bonchev–Trinajstić information content (AvgIpc) is 2.17. The molecule has 1 aromatic rings. The van der Waals surface area contributed by atoms with E-state index in [9.17, 15) is 4.79 Å². The molecule has 0 unspecified atom stereocenters. The van der Waals surface area contributed by atoms with E-state index in [4.69, 9.17) is 9.47 Å². The second-order valence-electron chi connectivity index (χ2n) is 2.12. The second-order valence-corrected chi connectivity index (χ2v) is 2.12. The molecule has 0 radical (unpaired) electrons. The molecule has 0 aliphatic carbocycles. The quantitative estimate of drug-likeness (QED) is 0.625. The van der Waals surface area contributed by atoms with Gasteiger partial charge in [0.1, 0.15) is 7.11 Å². The smallest absolute Gasteiger partial charge is 0.307 e. The maximum absolute atomic E-state index is 11.1. The van der Waals surface area contributed by atoms with Crippen LogP contribution in [0.15, 0.2) is 10.9 Å². The normalized spacial score (nSPS) is 9.46. The van der Waals surface area contributed by atoms with Crippen molar-refractivity contribution in [1.82, 2.24) is 9.94 Å². The third-order valence-electron chi connectivity index (χ3n) is 1.42. The number of ether oxygens (including phenoxy) is 2. The van der Waals surface area contributed by atoms with Crippen LogP contribution >= 0.6 is 0 Å². The highest BCUT2D eigenvalue weighted by molar-refractivity contribution is 5.30. The molecule has 1 heterocycles. The zero-order valence-corrected chi connectivity index (χ0v) is 7.60. The van der Waals surface area contributed by atoms with E-state index < -0.39 is 5.56 Å². The lowest BCUT2D eigenvalue weighted by Gasteiger charge is -2.07. The summed E-state index contributed by atoms with van der Waals surface area (Å²) in [4.78, 5) is 16.6. The monoisotopic (exact) mass is 186 g/mol. The van der Waals surface area contributed by atoms with Crippen molar-refractivity contribution in [1.29, 1.82) is 0 Å². The first-order valence-corrected chi connectivity index (χ1v) is 3.49. The number of rotatable bonds is 3. The molecular formula is C7H10N2O4. The van der Waals surface area contributed by atoms with Gasteiger partial charge in [0, 0.05) is 0 Å². The van der Waals surface area contributed by atoms with Gasteiger partial charge in [0.25, 0.3) is 5.88 Å². The van der Waals surface area contributed by atoms with Crippen LogP contribution in [0, 0.1) is 0 Å². The minimum atomic E-state index is -0.417. The van der Waals surface area contributed by atoms with Gasteiger partial charge in [-0.1, -0.05) is 9.94 Å². The molecule has 0 amide bonds. The summed E-state index contributed by atoms with van der Waals surface area (Å²) < 4.78 is 9.72. The molecule has 13 heavy (non-hydrogen) atoms. The molecule has 6 nitrogen and oxygen atoms in total. The molecular weight excluding hydrogens is 176 g/mol. The molecule has 6 heteroatoms. The largest absolute Gasteiger partial charge is 0.491 e. The molecule has 0 aliphatic rings. The Labute approximate surface area is 74.6 Å². The molecule has 72 valence electrons. The molecule has 0 bridgehead atoms. The van der Waals surface area contributed by atoms with E-state index in [1.54, 1.807) is 0 Å². The highest BCUT2D eigenvalue weighted by Gasteiger charge is 2.08. The third-order valence-corrected chi connectivity index (χ3v) is 1.42. The number of nitrogens with zero attached hydrogens (tertiary/aromatic N) is 2. The van der Waals surface area contributed by atoms with Gasteiger partial charge < -0.3 is 14.3 Å². The summed E-state index contributed by atoms with van der Waals surface area (Å²) in [7, 11) is 4.19. The molecule has 0 saturated carbocycles. The van der Waals surface area contributed by atoms with E-state index in [0.29, 0.717) is 0 Å². The van der Waals surface area contributed by atoms with Crippen LogP contribution in [0.4, 0.5) is 0 Å². The van der Waals surface area contributed by atoms with Crippen LogP contribution < -0.4 is 19.9 Å². The predicted molar refractivity (Wildman–Crippen MR) is 44.1 cm³/mol. The Bertz CT molecular complexity index is 347. The summed E-state index contributed by atoms with van der Waals surface area (Å²) in [5.41, 5.74) is -0.417. The molecule has 0 N–H and O–H groups in total. The van der Waals surface area contributed by atoms with E-state index in [1.165, 1.54) is 27.4 Å². The molecule has 1 rings (SSSR count). The summed E-state index contributed by atoms with van der Waals surface area (Å²) in [6.45, 7) is 0. The highest BCUT2D eigenvalue weighted by Crippen LogP contribution is 2.19. The van der Waals surface area contributed by atoms with Crippen molar-refractivity contribution in [2.45, 2.75) is 0 Å².